The van der Waals surface area contributed by atoms with Gasteiger partial charge in [-0.25, -0.2) is 9.97 Å². The summed E-state index contributed by atoms with van der Waals surface area (Å²) in [6, 6.07) is 0. The van der Waals surface area contributed by atoms with Crippen LogP contribution in [0.15, 0.2) is 12.5 Å². The second kappa shape index (κ2) is 4.00. The average molecular weight is 303 g/mol. The zero-order valence-corrected chi connectivity index (χ0v) is 10.6. The maximum Gasteiger partial charge on any atom is 0.145 e. The van der Waals surface area contributed by atoms with Gasteiger partial charge >= 0.3 is 0 Å². The van der Waals surface area contributed by atoms with Crippen LogP contribution in [0.2, 0.25) is 0 Å². The van der Waals surface area contributed by atoms with Gasteiger partial charge in [0.2, 0.25) is 0 Å². The first-order valence-electron chi connectivity index (χ1n) is 4.89. The topological polar surface area (TPSA) is 29.0 Å². The molecular weight excluding hydrogens is 289 g/mol. The Morgan fingerprint density at radius 1 is 1.36 bits per heavy atom. The summed E-state index contributed by atoms with van der Waals surface area (Å²) in [5.74, 6) is 2.62. The molecular formula is C10H14IN3. The molecule has 3 nitrogen and oxygen atoms in total. The van der Waals surface area contributed by atoms with Gasteiger partial charge in [0, 0.05) is 19.3 Å². The van der Waals surface area contributed by atoms with E-state index in [-0.39, 0.29) is 0 Å². The minimum absolute atomic E-state index is 0.765. The molecule has 1 aliphatic heterocycles. The van der Waals surface area contributed by atoms with E-state index < -0.39 is 0 Å². The molecule has 1 aromatic heterocycles. The third kappa shape index (κ3) is 1.85. The maximum atomic E-state index is 4.34. The van der Waals surface area contributed by atoms with Crippen LogP contribution in [0.25, 0.3) is 0 Å². The van der Waals surface area contributed by atoms with E-state index in [1.54, 1.807) is 6.33 Å². The molecule has 0 aromatic carbocycles. The standard InChI is InChI=1S/C10H14IN3/c1-7-4-14(5-8(7)2)10-9(11)3-12-6-13-10/h3,6-8H,4-5H2,1-2H3. The van der Waals surface area contributed by atoms with Crippen LogP contribution >= 0.6 is 22.6 Å². The molecule has 76 valence electrons. The number of hydrogen-bond donors (Lipinski definition) is 0. The summed E-state index contributed by atoms with van der Waals surface area (Å²) < 4.78 is 1.14. The summed E-state index contributed by atoms with van der Waals surface area (Å²) in [5, 5.41) is 0. The molecule has 0 bridgehead atoms. The zero-order chi connectivity index (χ0) is 10.1. The summed E-state index contributed by atoms with van der Waals surface area (Å²) >= 11 is 2.30. The molecule has 1 saturated heterocycles. The first kappa shape index (κ1) is 10.1. The van der Waals surface area contributed by atoms with Crippen LogP contribution in [0.5, 0.6) is 0 Å². The highest BCUT2D eigenvalue weighted by molar-refractivity contribution is 14.1. The van der Waals surface area contributed by atoms with Crippen molar-refractivity contribution in [2.24, 2.45) is 11.8 Å². The molecule has 0 spiro atoms. The molecule has 2 heterocycles. The molecule has 0 aliphatic carbocycles. The van der Waals surface area contributed by atoms with E-state index in [4.69, 9.17) is 0 Å². The fourth-order valence-electron chi connectivity index (χ4n) is 1.84. The van der Waals surface area contributed by atoms with Gasteiger partial charge in [-0.1, -0.05) is 13.8 Å². The number of aromatic nitrogens is 2. The van der Waals surface area contributed by atoms with E-state index in [9.17, 15) is 0 Å². The van der Waals surface area contributed by atoms with Gasteiger partial charge in [-0.15, -0.1) is 0 Å². The fourth-order valence-corrected chi connectivity index (χ4v) is 2.48. The normalized spacial score (nSPS) is 26.9. The average Bonchev–Trinajstić information content (AvgIpc) is 2.48. The summed E-state index contributed by atoms with van der Waals surface area (Å²) in [7, 11) is 0. The van der Waals surface area contributed by atoms with Crippen molar-refractivity contribution >= 4 is 28.4 Å². The number of anilines is 1. The number of rotatable bonds is 1. The van der Waals surface area contributed by atoms with Crippen molar-refractivity contribution in [2.75, 3.05) is 18.0 Å². The summed E-state index contributed by atoms with van der Waals surface area (Å²) in [6.45, 7) is 6.85. The Bertz CT molecular complexity index is 319. The number of halogens is 1. The van der Waals surface area contributed by atoms with Crippen molar-refractivity contribution in [3.8, 4) is 0 Å². The first-order valence-corrected chi connectivity index (χ1v) is 5.97. The molecule has 0 saturated carbocycles. The largest absolute Gasteiger partial charge is 0.355 e. The Kier molecular flexibility index (Phi) is 2.90. The Morgan fingerprint density at radius 3 is 2.57 bits per heavy atom. The van der Waals surface area contributed by atoms with Crippen molar-refractivity contribution in [1.29, 1.82) is 0 Å². The second-order valence-corrected chi connectivity index (χ2v) is 5.22. The van der Waals surface area contributed by atoms with E-state index in [1.165, 1.54) is 0 Å². The highest BCUT2D eigenvalue weighted by Crippen LogP contribution is 2.28. The van der Waals surface area contributed by atoms with Crippen LogP contribution in [0, 0.1) is 15.4 Å². The molecule has 0 radical (unpaired) electrons. The Hall–Kier alpha value is -0.390. The lowest BCUT2D eigenvalue weighted by Gasteiger charge is -2.17. The van der Waals surface area contributed by atoms with E-state index in [0.29, 0.717) is 0 Å². The van der Waals surface area contributed by atoms with Crippen LogP contribution in [0.3, 0.4) is 0 Å². The van der Waals surface area contributed by atoms with E-state index in [2.05, 4.69) is 51.3 Å². The Balaban J connectivity index is 2.21. The molecule has 1 aliphatic rings. The molecule has 2 rings (SSSR count). The lowest BCUT2D eigenvalue weighted by atomic mass is 10.0. The molecule has 1 aromatic rings. The van der Waals surface area contributed by atoms with E-state index in [1.807, 2.05) is 6.20 Å². The summed E-state index contributed by atoms with van der Waals surface area (Å²) in [6.07, 6.45) is 3.50. The predicted molar refractivity (Wildman–Crippen MR) is 65.3 cm³/mol. The van der Waals surface area contributed by atoms with Crippen LogP contribution in [0.4, 0.5) is 5.82 Å². The van der Waals surface area contributed by atoms with Gasteiger partial charge in [-0.3, -0.25) is 0 Å². The second-order valence-electron chi connectivity index (χ2n) is 4.05. The Labute approximate surface area is 98.1 Å². The van der Waals surface area contributed by atoms with Gasteiger partial charge in [0.05, 0.1) is 3.57 Å². The molecule has 4 heteroatoms. The highest BCUT2D eigenvalue weighted by atomic mass is 127. The molecule has 0 N–H and O–H groups in total. The smallest absolute Gasteiger partial charge is 0.145 e. The van der Waals surface area contributed by atoms with Gasteiger partial charge in [-0.05, 0) is 34.4 Å². The predicted octanol–water partition coefficient (Wildman–Crippen LogP) is 2.17. The lowest BCUT2D eigenvalue weighted by Crippen LogP contribution is -2.21. The fraction of sp³-hybridized carbons (Fsp3) is 0.600. The monoisotopic (exact) mass is 303 g/mol. The van der Waals surface area contributed by atoms with Gasteiger partial charge in [-0.2, -0.15) is 0 Å². The minimum atomic E-state index is 0.765. The van der Waals surface area contributed by atoms with Gasteiger partial charge in [0.15, 0.2) is 0 Å². The molecule has 2 unspecified atom stereocenters. The van der Waals surface area contributed by atoms with Crippen molar-refractivity contribution in [1.82, 2.24) is 9.97 Å². The van der Waals surface area contributed by atoms with Gasteiger partial charge < -0.3 is 4.90 Å². The van der Waals surface area contributed by atoms with Gasteiger partial charge in [0.25, 0.3) is 0 Å². The van der Waals surface area contributed by atoms with Crippen LogP contribution in [-0.4, -0.2) is 23.1 Å². The van der Waals surface area contributed by atoms with Crippen molar-refractivity contribution in [2.45, 2.75) is 13.8 Å². The third-order valence-corrected chi connectivity index (χ3v) is 3.70. The van der Waals surface area contributed by atoms with Crippen molar-refractivity contribution in [3.63, 3.8) is 0 Å². The molecule has 2 atom stereocenters. The highest BCUT2D eigenvalue weighted by Gasteiger charge is 2.27. The van der Waals surface area contributed by atoms with Crippen LogP contribution in [-0.2, 0) is 0 Å². The summed E-state index contributed by atoms with van der Waals surface area (Å²) in [5.41, 5.74) is 0. The minimum Gasteiger partial charge on any atom is -0.355 e. The third-order valence-electron chi connectivity index (χ3n) is 2.94. The molecule has 0 amide bonds. The molecule has 14 heavy (non-hydrogen) atoms. The maximum absolute atomic E-state index is 4.34. The quantitative estimate of drug-likeness (QED) is 0.745. The number of nitrogens with zero attached hydrogens (tertiary/aromatic N) is 3. The number of hydrogen-bond acceptors (Lipinski definition) is 3. The van der Waals surface area contributed by atoms with E-state index >= 15 is 0 Å². The van der Waals surface area contributed by atoms with Crippen LogP contribution in [0.1, 0.15) is 13.8 Å². The lowest BCUT2D eigenvalue weighted by molar-refractivity contribution is 0.494. The first-order chi connectivity index (χ1) is 6.68. The van der Waals surface area contributed by atoms with Crippen LogP contribution < -0.4 is 4.90 Å². The Morgan fingerprint density at radius 2 is 2.00 bits per heavy atom. The zero-order valence-electron chi connectivity index (χ0n) is 8.44. The van der Waals surface area contributed by atoms with Gasteiger partial charge in [0.1, 0.15) is 12.1 Å². The van der Waals surface area contributed by atoms with Crippen molar-refractivity contribution < 1.29 is 0 Å². The van der Waals surface area contributed by atoms with E-state index in [0.717, 1.165) is 34.3 Å². The van der Waals surface area contributed by atoms with Crippen molar-refractivity contribution in [3.05, 3.63) is 16.1 Å². The summed E-state index contributed by atoms with van der Waals surface area (Å²) in [4.78, 5) is 10.7. The SMILES string of the molecule is CC1CN(c2ncncc2I)CC1C. The molecule has 1 fully saturated rings.